The van der Waals surface area contributed by atoms with Crippen LogP contribution in [-0.2, 0) is 0 Å². The molecule has 0 aliphatic heterocycles. The molecule has 23 heavy (non-hydrogen) atoms. The van der Waals surface area contributed by atoms with Gasteiger partial charge in [0.25, 0.3) is 5.91 Å². The Morgan fingerprint density at radius 1 is 1.13 bits per heavy atom. The van der Waals surface area contributed by atoms with Crippen LogP contribution in [0.25, 0.3) is 11.0 Å². The molecule has 2 heterocycles. The van der Waals surface area contributed by atoms with Crippen molar-refractivity contribution in [3.05, 3.63) is 53.6 Å². The summed E-state index contributed by atoms with van der Waals surface area (Å²) in [7, 11) is 0. The Bertz CT molecular complexity index is 939. The number of aromatic carboxylic acids is 1. The maximum Gasteiger partial charge on any atom is 0.337 e. The average Bonchev–Trinajstić information content (AvgIpc) is 2.97. The van der Waals surface area contributed by atoms with Crippen LogP contribution in [0.2, 0.25) is 0 Å². The number of carbonyl (C=O) groups is 2. The SMILES string of the molecule is O=C(Nc1cc(F)c(F)cc1C(=O)O)c1cc2[nH]cnc2cn1. The van der Waals surface area contributed by atoms with Crippen molar-refractivity contribution in [2.24, 2.45) is 0 Å². The number of carboxylic acids is 1. The predicted octanol–water partition coefficient (Wildman–Crippen LogP) is 2.19. The van der Waals surface area contributed by atoms with E-state index in [-0.39, 0.29) is 11.4 Å². The van der Waals surface area contributed by atoms with Gasteiger partial charge in [0.05, 0.1) is 29.3 Å². The number of benzene rings is 1. The number of imidazole rings is 1. The van der Waals surface area contributed by atoms with E-state index >= 15 is 0 Å². The van der Waals surface area contributed by atoms with Crippen molar-refractivity contribution >= 4 is 28.6 Å². The molecule has 3 N–H and O–H groups in total. The second-order valence-electron chi connectivity index (χ2n) is 4.56. The minimum absolute atomic E-state index is 0.0391. The first kappa shape index (κ1) is 14.6. The van der Waals surface area contributed by atoms with E-state index in [1.807, 2.05) is 0 Å². The number of hydrogen-bond donors (Lipinski definition) is 3. The van der Waals surface area contributed by atoms with Crippen LogP contribution in [0.3, 0.4) is 0 Å². The number of nitrogens with one attached hydrogen (secondary N) is 2. The van der Waals surface area contributed by atoms with Crippen LogP contribution < -0.4 is 5.32 Å². The van der Waals surface area contributed by atoms with Gasteiger partial charge in [-0.25, -0.2) is 23.5 Å². The summed E-state index contributed by atoms with van der Waals surface area (Å²) in [5, 5.41) is 11.2. The van der Waals surface area contributed by atoms with Crippen LogP contribution in [0.4, 0.5) is 14.5 Å². The highest BCUT2D eigenvalue weighted by Crippen LogP contribution is 2.21. The Labute approximate surface area is 127 Å². The predicted molar refractivity (Wildman–Crippen MR) is 75.2 cm³/mol. The molecule has 3 rings (SSSR count). The summed E-state index contributed by atoms with van der Waals surface area (Å²) in [6.45, 7) is 0. The number of aromatic nitrogens is 3. The first-order valence-corrected chi connectivity index (χ1v) is 6.28. The molecule has 0 radical (unpaired) electrons. The largest absolute Gasteiger partial charge is 0.478 e. The molecule has 0 atom stereocenters. The van der Waals surface area contributed by atoms with Crippen molar-refractivity contribution in [2.45, 2.75) is 0 Å². The molecule has 0 spiro atoms. The van der Waals surface area contributed by atoms with Gasteiger partial charge < -0.3 is 15.4 Å². The van der Waals surface area contributed by atoms with Crippen molar-refractivity contribution in [1.82, 2.24) is 15.0 Å². The molecular formula is C14H8F2N4O3. The van der Waals surface area contributed by atoms with Gasteiger partial charge in [0.2, 0.25) is 0 Å². The maximum atomic E-state index is 13.3. The maximum absolute atomic E-state index is 13.3. The summed E-state index contributed by atoms with van der Waals surface area (Å²) in [6.07, 6.45) is 2.77. The third-order valence-corrected chi connectivity index (χ3v) is 3.08. The van der Waals surface area contributed by atoms with E-state index in [1.165, 1.54) is 18.6 Å². The average molecular weight is 318 g/mol. The van der Waals surface area contributed by atoms with Gasteiger partial charge in [0.15, 0.2) is 11.6 Å². The van der Waals surface area contributed by atoms with E-state index in [9.17, 15) is 18.4 Å². The van der Waals surface area contributed by atoms with Crippen LogP contribution in [0.1, 0.15) is 20.8 Å². The number of halogens is 2. The summed E-state index contributed by atoms with van der Waals surface area (Å²) in [5.74, 6) is -4.87. The first-order chi connectivity index (χ1) is 11.0. The Hall–Kier alpha value is -3.36. The van der Waals surface area contributed by atoms with Crippen molar-refractivity contribution in [2.75, 3.05) is 5.32 Å². The Balaban J connectivity index is 1.96. The molecule has 0 bridgehead atoms. The second-order valence-corrected chi connectivity index (χ2v) is 4.56. The van der Waals surface area contributed by atoms with Gasteiger partial charge >= 0.3 is 5.97 Å². The zero-order valence-corrected chi connectivity index (χ0v) is 11.3. The van der Waals surface area contributed by atoms with Crippen LogP contribution in [0.5, 0.6) is 0 Å². The zero-order valence-electron chi connectivity index (χ0n) is 11.3. The molecular weight excluding hydrogens is 310 g/mol. The van der Waals surface area contributed by atoms with Crippen molar-refractivity contribution in [3.8, 4) is 0 Å². The van der Waals surface area contributed by atoms with Crippen LogP contribution in [0.15, 0.2) is 30.7 Å². The number of anilines is 1. The van der Waals surface area contributed by atoms with E-state index in [2.05, 4.69) is 20.3 Å². The molecule has 0 saturated heterocycles. The van der Waals surface area contributed by atoms with Gasteiger partial charge in [-0.2, -0.15) is 0 Å². The molecule has 1 amide bonds. The first-order valence-electron chi connectivity index (χ1n) is 6.28. The van der Waals surface area contributed by atoms with Gasteiger partial charge in [-0.15, -0.1) is 0 Å². The molecule has 3 aromatic rings. The van der Waals surface area contributed by atoms with Crippen molar-refractivity contribution in [1.29, 1.82) is 0 Å². The van der Waals surface area contributed by atoms with Crippen molar-refractivity contribution in [3.63, 3.8) is 0 Å². The summed E-state index contributed by atoms with van der Waals surface area (Å²) in [6, 6.07) is 2.50. The lowest BCUT2D eigenvalue weighted by atomic mass is 10.1. The van der Waals surface area contributed by atoms with Crippen LogP contribution in [0, 0.1) is 11.6 Å². The molecule has 2 aromatic heterocycles. The number of carboxylic acid groups (broad SMARTS) is 1. The van der Waals surface area contributed by atoms with Gasteiger partial charge in [-0.3, -0.25) is 4.79 Å². The van der Waals surface area contributed by atoms with E-state index in [1.54, 1.807) is 0 Å². The normalized spacial score (nSPS) is 10.7. The van der Waals surface area contributed by atoms with Gasteiger partial charge in [-0.1, -0.05) is 0 Å². The third kappa shape index (κ3) is 2.71. The summed E-state index contributed by atoms with van der Waals surface area (Å²) >= 11 is 0. The zero-order chi connectivity index (χ0) is 16.6. The van der Waals surface area contributed by atoms with Gasteiger partial charge in [0, 0.05) is 6.07 Å². The van der Waals surface area contributed by atoms with E-state index in [0.717, 1.165) is 0 Å². The number of amides is 1. The highest BCUT2D eigenvalue weighted by atomic mass is 19.2. The quantitative estimate of drug-likeness (QED) is 0.686. The van der Waals surface area contributed by atoms with Gasteiger partial charge in [-0.05, 0) is 12.1 Å². The topological polar surface area (TPSA) is 108 Å². The van der Waals surface area contributed by atoms with Crippen molar-refractivity contribution < 1.29 is 23.5 Å². The lowest BCUT2D eigenvalue weighted by molar-refractivity contribution is 0.0697. The molecule has 0 aliphatic rings. The van der Waals surface area contributed by atoms with Gasteiger partial charge in [0.1, 0.15) is 11.2 Å². The second kappa shape index (κ2) is 5.44. The monoisotopic (exact) mass is 318 g/mol. The fourth-order valence-corrected chi connectivity index (χ4v) is 1.98. The summed E-state index contributed by atoms with van der Waals surface area (Å²) < 4.78 is 26.4. The smallest absolute Gasteiger partial charge is 0.337 e. The molecule has 9 heteroatoms. The fraction of sp³-hybridized carbons (Fsp3) is 0. The molecule has 7 nitrogen and oxygen atoms in total. The Morgan fingerprint density at radius 2 is 1.87 bits per heavy atom. The molecule has 0 fully saturated rings. The molecule has 1 aromatic carbocycles. The van der Waals surface area contributed by atoms with Crippen LogP contribution in [-0.4, -0.2) is 31.9 Å². The Morgan fingerprint density at radius 3 is 2.61 bits per heavy atom. The number of hydrogen-bond acceptors (Lipinski definition) is 4. The highest BCUT2D eigenvalue weighted by Gasteiger charge is 2.18. The fourth-order valence-electron chi connectivity index (χ4n) is 1.98. The summed E-state index contributed by atoms with van der Waals surface area (Å²) in [5.41, 5.74) is 0.116. The number of carbonyl (C=O) groups excluding carboxylic acids is 1. The standard InChI is InChI=1S/C14H8F2N4O3/c15-7-1-6(14(22)23)9(2-8(7)16)20-13(21)11-3-10-12(4-17-11)19-5-18-10/h1-5H,(H,18,19)(H,20,21)(H,22,23). The third-order valence-electron chi connectivity index (χ3n) is 3.08. The molecule has 0 unspecified atom stereocenters. The number of rotatable bonds is 3. The number of H-pyrrole nitrogens is 1. The number of fused-ring (bicyclic) bond motifs is 1. The number of pyridine rings is 1. The van der Waals surface area contributed by atoms with E-state index in [4.69, 9.17) is 5.11 Å². The Kier molecular flexibility index (Phi) is 3.45. The minimum Gasteiger partial charge on any atom is -0.478 e. The number of nitrogens with zero attached hydrogens (tertiary/aromatic N) is 2. The van der Waals surface area contributed by atoms with Crippen LogP contribution >= 0.6 is 0 Å². The molecule has 0 saturated carbocycles. The lowest BCUT2D eigenvalue weighted by Crippen LogP contribution is -2.16. The molecule has 0 aliphatic carbocycles. The van der Waals surface area contributed by atoms with E-state index in [0.29, 0.717) is 23.2 Å². The van der Waals surface area contributed by atoms with E-state index < -0.39 is 29.1 Å². The lowest BCUT2D eigenvalue weighted by Gasteiger charge is -2.09. The number of aromatic amines is 1. The minimum atomic E-state index is -1.50. The summed E-state index contributed by atoms with van der Waals surface area (Å²) in [4.78, 5) is 33.8. The highest BCUT2D eigenvalue weighted by molar-refractivity contribution is 6.07. The molecule has 116 valence electrons.